The molecular weight excluding hydrogens is 134 g/mol. The van der Waals surface area contributed by atoms with Gasteiger partial charge in [0.25, 0.3) is 0 Å². The van der Waals surface area contributed by atoms with Crippen molar-refractivity contribution >= 4 is 12.7 Å². The molecule has 1 fully saturated rings. The van der Waals surface area contributed by atoms with Crippen LogP contribution in [-0.2, 0) is 14.4 Å². The number of hydrogen-bond acceptors (Lipinski definition) is 3. The molecule has 1 aliphatic rings. The van der Waals surface area contributed by atoms with Crippen molar-refractivity contribution in [2.75, 3.05) is 0 Å². The fraction of sp³-hybridized carbons (Fsp3) is 0.667. The highest BCUT2D eigenvalue weighted by molar-refractivity contribution is 5.64. The number of hydrogen-bond donors (Lipinski definition) is 1. The van der Waals surface area contributed by atoms with E-state index in [0.29, 0.717) is 19.3 Å². The summed E-state index contributed by atoms with van der Waals surface area (Å²) in [6.07, 6.45) is 3.56. The smallest absolute Gasteiger partial charge is 0.230 e. The van der Waals surface area contributed by atoms with Crippen LogP contribution < -0.4 is 5.48 Å². The zero-order valence-electron chi connectivity index (χ0n) is 5.50. The van der Waals surface area contributed by atoms with Crippen LogP contribution >= 0.6 is 0 Å². The van der Waals surface area contributed by atoms with Gasteiger partial charge in [0.2, 0.25) is 6.41 Å². The highest BCUT2D eigenvalue weighted by atomic mass is 16.7. The molecule has 10 heavy (non-hydrogen) atoms. The molecule has 0 atom stereocenters. The molecule has 4 nitrogen and oxygen atoms in total. The van der Waals surface area contributed by atoms with E-state index < -0.39 is 5.60 Å². The summed E-state index contributed by atoms with van der Waals surface area (Å²) >= 11 is 0. The van der Waals surface area contributed by atoms with Gasteiger partial charge in [-0.25, -0.2) is 5.48 Å². The summed E-state index contributed by atoms with van der Waals surface area (Å²) in [7, 11) is 0. The molecule has 0 heterocycles. The van der Waals surface area contributed by atoms with E-state index in [1.54, 1.807) is 0 Å². The molecule has 1 amide bonds. The minimum atomic E-state index is -0.707. The summed E-state index contributed by atoms with van der Waals surface area (Å²) in [5, 5.41) is 0. The third-order valence-electron chi connectivity index (χ3n) is 1.72. The van der Waals surface area contributed by atoms with E-state index in [-0.39, 0.29) is 0 Å². The zero-order valence-corrected chi connectivity index (χ0v) is 5.50. The molecule has 56 valence electrons. The van der Waals surface area contributed by atoms with Crippen LogP contribution in [0.15, 0.2) is 0 Å². The van der Waals surface area contributed by atoms with Crippen LogP contribution in [0, 0.1) is 0 Å². The number of aldehydes is 1. The van der Waals surface area contributed by atoms with E-state index in [4.69, 9.17) is 4.84 Å². The molecule has 0 radical (unpaired) electrons. The topological polar surface area (TPSA) is 55.4 Å². The third kappa shape index (κ3) is 1.16. The van der Waals surface area contributed by atoms with E-state index in [1.165, 1.54) is 0 Å². The highest BCUT2D eigenvalue weighted by Gasteiger charge is 2.38. The van der Waals surface area contributed by atoms with Crippen LogP contribution in [-0.4, -0.2) is 18.3 Å². The quantitative estimate of drug-likeness (QED) is 0.437. The second kappa shape index (κ2) is 2.79. The first kappa shape index (κ1) is 7.21. The number of carbonyl (C=O) groups excluding carboxylic acids is 2. The lowest BCUT2D eigenvalue weighted by Crippen LogP contribution is -2.45. The van der Waals surface area contributed by atoms with E-state index in [1.807, 2.05) is 5.48 Å². The largest absolute Gasteiger partial charge is 0.300 e. The molecule has 1 saturated carbocycles. The first-order chi connectivity index (χ1) is 4.83. The van der Waals surface area contributed by atoms with E-state index in [9.17, 15) is 9.59 Å². The average Bonchev–Trinajstić information content (AvgIpc) is 1.87. The number of amides is 1. The normalized spacial score (nSPS) is 20.8. The lowest BCUT2D eigenvalue weighted by Gasteiger charge is -2.34. The Morgan fingerprint density at radius 3 is 2.40 bits per heavy atom. The Hall–Kier alpha value is -0.900. The summed E-state index contributed by atoms with van der Waals surface area (Å²) in [6, 6.07) is 0. The molecule has 0 bridgehead atoms. The number of carbonyl (C=O) groups is 2. The van der Waals surface area contributed by atoms with Crippen LogP contribution in [0.5, 0.6) is 0 Å². The fourth-order valence-electron chi connectivity index (χ4n) is 0.911. The molecular formula is C6H9NO3. The van der Waals surface area contributed by atoms with Gasteiger partial charge < -0.3 is 4.79 Å². The van der Waals surface area contributed by atoms with Gasteiger partial charge in [0.15, 0.2) is 11.9 Å². The summed E-state index contributed by atoms with van der Waals surface area (Å²) < 4.78 is 0. The molecule has 0 saturated heterocycles. The first-order valence-corrected chi connectivity index (χ1v) is 3.16. The van der Waals surface area contributed by atoms with Crippen molar-refractivity contribution in [2.45, 2.75) is 24.9 Å². The van der Waals surface area contributed by atoms with E-state index in [0.717, 1.165) is 12.7 Å². The Morgan fingerprint density at radius 2 is 2.10 bits per heavy atom. The Kier molecular flexibility index (Phi) is 2.01. The van der Waals surface area contributed by atoms with Gasteiger partial charge in [0, 0.05) is 0 Å². The van der Waals surface area contributed by atoms with Gasteiger partial charge in [0.1, 0.15) is 0 Å². The van der Waals surface area contributed by atoms with Crippen LogP contribution in [0.2, 0.25) is 0 Å². The van der Waals surface area contributed by atoms with Gasteiger partial charge in [0.05, 0.1) is 0 Å². The highest BCUT2D eigenvalue weighted by Crippen LogP contribution is 2.32. The maximum absolute atomic E-state index is 10.3. The lowest BCUT2D eigenvalue weighted by molar-refractivity contribution is -0.165. The second-order valence-electron chi connectivity index (χ2n) is 2.37. The van der Waals surface area contributed by atoms with E-state index >= 15 is 0 Å². The molecule has 1 N–H and O–H groups in total. The minimum Gasteiger partial charge on any atom is -0.300 e. The summed E-state index contributed by atoms with van der Waals surface area (Å²) in [5.74, 6) is 0. The first-order valence-electron chi connectivity index (χ1n) is 3.16. The SMILES string of the molecule is O=CNOC1(C=O)CCC1. The summed E-state index contributed by atoms with van der Waals surface area (Å²) in [5.41, 5.74) is 1.32. The van der Waals surface area contributed by atoms with Crippen LogP contribution in [0.1, 0.15) is 19.3 Å². The predicted octanol–water partition coefficient (Wildman–Crippen LogP) is -0.214. The third-order valence-corrected chi connectivity index (χ3v) is 1.72. The van der Waals surface area contributed by atoms with E-state index in [2.05, 4.69) is 0 Å². The second-order valence-corrected chi connectivity index (χ2v) is 2.37. The molecule has 1 rings (SSSR count). The van der Waals surface area contributed by atoms with Crippen molar-refractivity contribution in [3.63, 3.8) is 0 Å². The number of rotatable bonds is 4. The van der Waals surface area contributed by atoms with Crippen molar-refractivity contribution in [3.8, 4) is 0 Å². The Morgan fingerprint density at radius 1 is 1.40 bits per heavy atom. The standard InChI is InChI=1S/C6H9NO3/c8-4-6(2-1-3-6)10-7-5-9/h4-5H,1-3H2,(H,7,9). The predicted molar refractivity (Wildman–Crippen MR) is 32.9 cm³/mol. The van der Waals surface area contributed by atoms with Crippen molar-refractivity contribution < 1.29 is 14.4 Å². The van der Waals surface area contributed by atoms with Crippen LogP contribution in [0.25, 0.3) is 0 Å². The molecule has 0 spiro atoms. The molecule has 0 aromatic carbocycles. The van der Waals surface area contributed by atoms with Crippen LogP contribution in [0.4, 0.5) is 0 Å². The van der Waals surface area contributed by atoms with Crippen molar-refractivity contribution in [2.24, 2.45) is 0 Å². The lowest BCUT2D eigenvalue weighted by atomic mass is 9.82. The summed E-state index contributed by atoms with van der Waals surface area (Å²) in [4.78, 5) is 24.9. The van der Waals surface area contributed by atoms with Gasteiger partial charge >= 0.3 is 0 Å². The van der Waals surface area contributed by atoms with Crippen molar-refractivity contribution in [1.82, 2.24) is 5.48 Å². The zero-order chi connectivity index (χ0) is 7.45. The Labute approximate surface area is 58.5 Å². The summed E-state index contributed by atoms with van der Waals surface area (Å²) in [6.45, 7) is 0. The molecule has 0 aliphatic heterocycles. The molecule has 1 aliphatic carbocycles. The number of nitrogens with one attached hydrogen (secondary N) is 1. The average molecular weight is 143 g/mol. The molecule has 0 unspecified atom stereocenters. The van der Waals surface area contributed by atoms with Gasteiger partial charge in [-0.15, -0.1) is 0 Å². The van der Waals surface area contributed by atoms with Gasteiger partial charge in [-0.2, -0.15) is 0 Å². The molecule has 0 aromatic heterocycles. The van der Waals surface area contributed by atoms with Gasteiger partial charge in [-0.3, -0.25) is 9.63 Å². The van der Waals surface area contributed by atoms with Crippen molar-refractivity contribution in [1.29, 1.82) is 0 Å². The number of hydroxylamine groups is 1. The van der Waals surface area contributed by atoms with Crippen LogP contribution in [0.3, 0.4) is 0 Å². The molecule has 0 aromatic rings. The van der Waals surface area contributed by atoms with Gasteiger partial charge in [-0.05, 0) is 19.3 Å². The Bertz CT molecular complexity index is 142. The maximum atomic E-state index is 10.3. The maximum Gasteiger partial charge on any atom is 0.230 e. The fourth-order valence-corrected chi connectivity index (χ4v) is 0.911. The minimum absolute atomic E-state index is 0.420. The van der Waals surface area contributed by atoms with Crippen molar-refractivity contribution in [3.05, 3.63) is 0 Å². The van der Waals surface area contributed by atoms with Gasteiger partial charge in [-0.1, -0.05) is 0 Å². The molecule has 4 heteroatoms. The monoisotopic (exact) mass is 143 g/mol. The Balaban J connectivity index is 2.33.